The molecule has 2 heterocycles. The van der Waals surface area contributed by atoms with Gasteiger partial charge >= 0.3 is 0 Å². The van der Waals surface area contributed by atoms with Crippen molar-refractivity contribution in [1.82, 2.24) is 9.88 Å². The van der Waals surface area contributed by atoms with E-state index < -0.39 is 0 Å². The molecule has 1 aromatic rings. The van der Waals surface area contributed by atoms with Crippen molar-refractivity contribution in [2.75, 3.05) is 11.9 Å². The largest absolute Gasteiger partial charge is 0.330 e. The number of hydrogen-bond donors (Lipinski definition) is 1. The van der Waals surface area contributed by atoms with Gasteiger partial charge in [0.15, 0.2) is 5.13 Å². The highest BCUT2D eigenvalue weighted by atomic mass is 32.1. The van der Waals surface area contributed by atoms with E-state index in [-0.39, 0.29) is 23.8 Å². The first-order valence-electron chi connectivity index (χ1n) is 7.03. The van der Waals surface area contributed by atoms with Crippen LogP contribution in [-0.4, -0.2) is 34.3 Å². The second kappa shape index (κ2) is 6.35. The van der Waals surface area contributed by atoms with Gasteiger partial charge in [-0.15, -0.1) is 11.3 Å². The number of thiazole rings is 1. The smallest absolute Gasteiger partial charge is 0.248 e. The molecule has 1 aliphatic rings. The van der Waals surface area contributed by atoms with Crippen LogP contribution in [0.25, 0.3) is 0 Å². The highest BCUT2D eigenvalue weighted by Crippen LogP contribution is 2.22. The minimum atomic E-state index is -0.358. The summed E-state index contributed by atoms with van der Waals surface area (Å²) in [4.78, 5) is 31.5. The molecule has 0 aliphatic carbocycles. The van der Waals surface area contributed by atoms with Crippen molar-refractivity contribution < 1.29 is 9.59 Å². The van der Waals surface area contributed by atoms with E-state index in [2.05, 4.69) is 10.3 Å². The Balaban J connectivity index is 2.07. The lowest BCUT2D eigenvalue weighted by molar-refractivity contribution is -0.142. The zero-order valence-electron chi connectivity index (χ0n) is 12.2. The molecule has 0 spiro atoms. The average Bonchev–Trinajstić information content (AvgIpc) is 2.83. The van der Waals surface area contributed by atoms with E-state index in [1.165, 1.54) is 11.3 Å². The molecule has 1 saturated heterocycles. The number of aryl methyl sites for hydroxylation is 1. The standard InChI is InChI=1S/C14H21N3O2S/c1-9(2)13(19)17-7-5-4-6-11(17)12(18)16-14-15-8-10(3)20-14/h8-9,11H,4-7H2,1-3H3,(H,15,16,18)/t11-/m0/s1. The molecule has 0 aromatic carbocycles. The number of hydrogen-bond acceptors (Lipinski definition) is 4. The van der Waals surface area contributed by atoms with Crippen molar-refractivity contribution in [2.24, 2.45) is 5.92 Å². The molecule has 1 atom stereocenters. The van der Waals surface area contributed by atoms with Gasteiger partial charge in [0.25, 0.3) is 0 Å². The van der Waals surface area contributed by atoms with E-state index in [1.54, 1.807) is 11.1 Å². The van der Waals surface area contributed by atoms with Crippen LogP contribution in [0, 0.1) is 12.8 Å². The Kier molecular flexibility index (Phi) is 4.75. The van der Waals surface area contributed by atoms with Gasteiger partial charge in [-0.3, -0.25) is 9.59 Å². The van der Waals surface area contributed by atoms with Gasteiger partial charge < -0.3 is 10.2 Å². The third-order valence-electron chi connectivity index (χ3n) is 3.43. The van der Waals surface area contributed by atoms with Gasteiger partial charge in [-0.05, 0) is 26.2 Å². The Morgan fingerprint density at radius 2 is 2.20 bits per heavy atom. The Labute approximate surface area is 123 Å². The van der Waals surface area contributed by atoms with Crippen molar-refractivity contribution in [3.05, 3.63) is 11.1 Å². The lowest BCUT2D eigenvalue weighted by Crippen LogP contribution is -2.51. The first kappa shape index (κ1) is 15.0. The van der Waals surface area contributed by atoms with Gasteiger partial charge in [0.1, 0.15) is 6.04 Å². The number of piperidine rings is 1. The summed E-state index contributed by atoms with van der Waals surface area (Å²) >= 11 is 1.45. The lowest BCUT2D eigenvalue weighted by atomic mass is 9.99. The second-order valence-electron chi connectivity index (χ2n) is 5.46. The normalized spacial score (nSPS) is 19.2. The van der Waals surface area contributed by atoms with Gasteiger partial charge in [0, 0.05) is 23.5 Å². The van der Waals surface area contributed by atoms with E-state index in [0.29, 0.717) is 11.7 Å². The first-order chi connectivity index (χ1) is 9.49. The van der Waals surface area contributed by atoms with E-state index in [4.69, 9.17) is 0 Å². The van der Waals surface area contributed by atoms with Gasteiger partial charge in [-0.25, -0.2) is 4.98 Å². The number of rotatable bonds is 3. The lowest BCUT2D eigenvalue weighted by Gasteiger charge is -2.35. The van der Waals surface area contributed by atoms with Crippen molar-refractivity contribution in [3.8, 4) is 0 Å². The molecule has 2 amide bonds. The van der Waals surface area contributed by atoms with Crippen LogP contribution in [0.4, 0.5) is 5.13 Å². The number of carbonyl (C=O) groups excluding carboxylic acids is 2. The Morgan fingerprint density at radius 3 is 2.80 bits per heavy atom. The molecule has 0 unspecified atom stereocenters. The van der Waals surface area contributed by atoms with Crippen LogP contribution in [0.3, 0.4) is 0 Å². The number of anilines is 1. The zero-order chi connectivity index (χ0) is 14.7. The average molecular weight is 295 g/mol. The Morgan fingerprint density at radius 1 is 1.45 bits per heavy atom. The van der Waals surface area contributed by atoms with E-state index in [9.17, 15) is 9.59 Å². The van der Waals surface area contributed by atoms with Crippen LogP contribution >= 0.6 is 11.3 Å². The summed E-state index contributed by atoms with van der Waals surface area (Å²) in [6.07, 6.45) is 4.42. The molecule has 5 nitrogen and oxygen atoms in total. The van der Waals surface area contributed by atoms with Crippen molar-refractivity contribution in [2.45, 2.75) is 46.1 Å². The van der Waals surface area contributed by atoms with Crippen LogP contribution in [0.15, 0.2) is 6.20 Å². The molecular weight excluding hydrogens is 274 g/mol. The monoisotopic (exact) mass is 295 g/mol. The summed E-state index contributed by atoms with van der Waals surface area (Å²) in [6, 6.07) is -0.358. The molecule has 0 radical (unpaired) electrons. The molecule has 1 aliphatic heterocycles. The maximum Gasteiger partial charge on any atom is 0.248 e. The quantitative estimate of drug-likeness (QED) is 0.931. The summed E-state index contributed by atoms with van der Waals surface area (Å²) in [7, 11) is 0. The van der Waals surface area contributed by atoms with Crippen LogP contribution < -0.4 is 5.32 Å². The summed E-state index contributed by atoms with van der Waals surface area (Å²) in [6.45, 7) is 6.36. The van der Waals surface area contributed by atoms with Crippen molar-refractivity contribution in [3.63, 3.8) is 0 Å². The van der Waals surface area contributed by atoms with E-state index >= 15 is 0 Å². The molecule has 20 heavy (non-hydrogen) atoms. The molecule has 0 saturated carbocycles. The highest BCUT2D eigenvalue weighted by molar-refractivity contribution is 7.15. The number of amides is 2. The number of likely N-dealkylation sites (tertiary alicyclic amines) is 1. The number of carbonyl (C=O) groups is 2. The Bertz CT molecular complexity index is 498. The van der Waals surface area contributed by atoms with Gasteiger partial charge in [-0.1, -0.05) is 13.8 Å². The molecule has 1 aromatic heterocycles. The minimum Gasteiger partial charge on any atom is -0.330 e. The zero-order valence-corrected chi connectivity index (χ0v) is 13.0. The number of nitrogens with zero attached hydrogens (tertiary/aromatic N) is 2. The predicted molar refractivity (Wildman–Crippen MR) is 79.7 cm³/mol. The van der Waals surface area contributed by atoms with Gasteiger partial charge in [0.2, 0.25) is 11.8 Å². The molecule has 1 fully saturated rings. The number of aromatic nitrogens is 1. The molecule has 2 rings (SSSR count). The number of nitrogens with one attached hydrogen (secondary N) is 1. The topological polar surface area (TPSA) is 62.3 Å². The molecule has 0 bridgehead atoms. The second-order valence-corrected chi connectivity index (χ2v) is 6.70. The molecule has 1 N–H and O–H groups in total. The maximum absolute atomic E-state index is 12.4. The minimum absolute atomic E-state index is 0.0557. The van der Waals surface area contributed by atoms with Crippen LogP contribution in [0.5, 0.6) is 0 Å². The van der Waals surface area contributed by atoms with Crippen LogP contribution in [-0.2, 0) is 9.59 Å². The molecule has 110 valence electrons. The first-order valence-corrected chi connectivity index (χ1v) is 7.84. The van der Waals surface area contributed by atoms with Crippen LogP contribution in [0.2, 0.25) is 0 Å². The van der Waals surface area contributed by atoms with Crippen LogP contribution in [0.1, 0.15) is 38.0 Å². The fourth-order valence-electron chi connectivity index (χ4n) is 2.40. The summed E-state index contributed by atoms with van der Waals surface area (Å²) in [5, 5.41) is 3.44. The third kappa shape index (κ3) is 3.36. The van der Waals surface area contributed by atoms with E-state index in [1.807, 2.05) is 20.8 Å². The van der Waals surface area contributed by atoms with Crippen molar-refractivity contribution >= 4 is 28.3 Å². The highest BCUT2D eigenvalue weighted by Gasteiger charge is 2.33. The fraction of sp³-hybridized carbons (Fsp3) is 0.643. The summed E-state index contributed by atoms with van der Waals surface area (Å²) in [5.74, 6) is -0.140. The molecule has 6 heteroatoms. The summed E-state index contributed by atoms with van der Waals surface area (Å²) < 4.78 is 0. The summed E-state index contributed by atoms with van der Waals surface area (Å²) in [5.41, 5.74) is 0. The predicted octanol–water partition coefficient (Wildman–Crippen LogP) is 2.43. The molecular formula is C14H21N3O2S. The maximum atomic E-state index is 12.4. The third-order valence-corrected chi connectivity index (χ3v) is 4.26. The fourth-order valence-corrected chi connectivity index (χ4v) is 3.07. The van der Waals surface area contributed by atoms with Crippen molar-refractivity contribution in [1.29, 1.82) is 0 Å². The van der Waals surface area contributed by atoms with Gasteiger partial charge in [-0.2, -0.15) is 0 Å². The van der Waals surface area contributed by atoms with E-state index in [0.717, 1.165) is 24.1 Å². The SMILES string of the molecule is Cc1cnc(NC(=O)[C@@H]2CCCCN2C(=O)C(C)C)s1. The van der Waals surface area contributed by atoms with Gasteiger partial charge in [0.05, 0.1) is 0 Å². The Hall–Kier alpha value is -1.43.